The molecule has 0 saturated heterocycles. The van der Waals surface area contributed by atoms with Crippen LogP contribution in [0.4, 0.5) is 11.4 Å². The molecule has 5 rings (SSSR count). The predicted octanol–water partition coefficient (Wildman–Crippen LogP) is 5.59. The highest BCUT2D eigenvalue weighted by Gasteiger charge is 2.15. The van der Waals surface area contributed by atoms with Crippen LogP contribution in [0.25, 0.3) is 31.3 Å². The molecule has 0 bridgehead atoms. The normalized spacial score (nSPS) is 10.7. The van der Waals surface area contributed by atoms with Crippen molar-refractivity contribution >= 4 is 82.0 Å². The summed E-state index contributed by atoms with van der Waals surface area (Å²) in [7, 11) is 0. The topological polar surface area (TPSA) is 138 Å². The number of halogens is 1. The Morgan fingerprint density at radius 1 is 0.667 bits per heavy atom. The molecule has 0 aliphatic rings. The lowest BCUT2D eigenvalue weighted by molar-refractivity contribution is 0.0996. The first-order chi connectivity index (χ1) is 15.8. The van der Waals surface area contributed by atoms with E-state index in [4.69, 9.17) is 22.9 Å². The molecule has 0 fully saturated rings. The zero-order valence-electron chi connectivity index (χ0n) is 17.2. The van der Waals surface area contributed by atoms with Gasteiger partial charge in [-0.05, 0) is 41.5 Å². The van der Waals surface area contributed by atoms with Crippen molar-refractivity contribution < 1.29 is 9.59 Å². The largest absolute Gasteiger partial charge is 0.397 e. The third-order valence-corrected chi connectivity index (χ3v) is 7.87. The first-order valence-corrected chi connectivity index (χ1v) is 12.1. The van der Waals surface area contributed by atoms with E-state index < -0.39 is 11.8 Å². The standard InChI is InChI=1S/C15H12N2OS.C9H7BrN2OS/c16-13-11-8-10(9-4-2-1-3-5-9)6-7-12(11)19-14(13)15(17)18;10-4-1-2-6-5(3-4)7(11)8(14-6)9(12)13/h1-8H,16H2,(H2,17,18);1-3H,11H2,(H2,12,13). The summed E-state index contributed by atoms with van der Waals surface area (Å²) in [6.07, 6.45) is 0. The second kappa shape index (κ2) is 9.22. The zero-order chi connectivity index (χ0) is 23.7. The van der Waals surface area contributed by atoms with E-state index in [2.05, 4.69) is 15.9 Å². The first-order valence-electron chi connectivity index (χ1n) is 9.71. The lowest BCUT2D eigenvalue weighted by atomic mass is 10.0. The molecule has 0 aliphatic heterocycles. The molecule has 2 amide bonds. The first kappa shape index (κ1) is 22.8. The zero-order valence-corrected chi connectivity index (χ0v) is 20.4. The van der Waals surface area contributed by atoms with E-state index in [-0.39, 0.29) is 0 Å². The van der Waals surface area contributed by atoms with Crippen molar-refractivity contribution in [3.05, 3.63) is 81.0 Å². The maximum Gasteiger partial charge on any atom is 0.260 e. The number of amides is 2. The molecule has 33 heavy (non-hydrogen) atoms. The molecule has 166 valence electrons. The van der Waals surface area contributed by atoms with Gasteiger partial charge in [-0.25, -0.2) is 0 Å². The quantitative estimate of drug-likeness (QED) is 0.237. The molecule has 0 radical (unpaired) electrons. The maximum absolute atomic E-state index is 11.3. The number of nitrogens with two attached hydrogens (primary N) is 4. The van der Waals surface area contributed by atoms with Crippen molar-refractivity contribution in [1.29, 1.82) is 0 Å². The molecular weight excluding hydrogens is 520 g/mol. The SMILES string of the molecule is NC(=O)c1sc2ccc(-c3ccccc3)cc2c1N.NC(=O)c1sc2ccc(Br)cc2c1N. The van der Waals surface area contributed by atoms with Gasteiger partial charge in [0, 0.05) is 24.6 Å². The van der Waals surface area contributed by atoms with Gasteiger partial charge < -0.3 is 22.9 Å². The fourth-order valence-corrected chi connectivity index (χ4v) is 5.65. The summed E-state index contributed by atoms with van der Waals surface area (Å²) in [6, 6.07) is 21.7. The number of hydrogen-bond donors (Lipinski definition) is 4. The van der Waals surface area contributed by atoms with E-state index in [1.807, 2.05) is 66.7 Å². The summed E-state index contributed by atoms with van der Waals surface area (Å²) in [5, 5.41) is 1.76. The van der Waals surface area contributed by atoms with Crippen molar-refractivity contribution in [3.63, 3.8) is 0 Å². The third-order valence-electron chi connectivity index (χ3n) is 4.97. The van der Waals surface area contributed by atoms with Gasteiger partial charge in [0.2, 0.25) is 0 Å². The number of anilines is 2. The van der Waals surface area contributed by atoms with E-state index in [0.717, 1.165) is 35.8 Å². The predicted molar refractivity (Wildman–Crippen MR) is 143 cm³/mol. The molecule has 8 N–H and O–H groups in total. The van der Waals surface area contributed by atoms with E-state index in [9.17, 15) is 9.59 Å². The van der Waals surface area contributed by atoms with E-state index >= 15 is 0 Å². The fourth-order valence-electron chi connectivity index (χ4n) is 3.38. The third kappa shape index (κ3) is 4.56. The van der Waals surface area contributed by atoms with Crippen LogP contribution >= 0.6 is 38.6 Å². The molecule has 0 saturated carbocycles. The number of primary amides is 2. The van der Waals surface area contributed by atoms with Gasteiger partial charge in [0.15, 0.2) is 0 Å². The Labute approximate surface area is 205 Å². The number of hydrogen-bond acceptors (Lipinski definition) is 6. The van der Waals surface area contributed by atoms with Gasteiger partial charge in [-0.15, -0.1) is 22.7 Å². The number of rotatable bonds is 3. The Bertz CT molecular complexity index is 1510. The molecule has 3 aromatic carbocycles. The molecule has 5 aromatic rings. The van der Waals surface area contributed by atoms with Crippen LogP contribution in [0.2, 0.25) is 0 Å². The van der Waals surface area contributed by atoms with Crippen LogP contribution in [-0.2, 0) is 0 Å². The Kier molecular flexibility index (Phi) is 6.37. The molecule has 2 heterocycles. The van der Waals surface area contributed by atoms with Gasteiger partial charge >= 0.3 is 0 Å². The van der Waals surface area contributed by atoms with E-state index in [0.29, 0.717) is 21.1 Å². The van der Waals surface area contributed by atoms with Crippen LogP contribution in [0.5, 0.6) is 0 Å². The second-order valence-electron chi connectivity index (χ2n) is 7.14. The van der Waals surface area contributed by atoms with E-state index in [1.54, 1.807) is 0 Å². The van der Waals surface area contributed by atoms with Crippen LogP contribution in [0.1, 0.15) is 19.3 Å². The van der Waals surface area contributed by atoms with Crippen molar-refractivity contribution in [1.82, 2.24) is 0 Å². The van der Waals surface area contributed by atoms with Gasteiger partial charge in [-0.1, -0.05) is 52.3 Å². The minimum absolute atomic E-state index is 0.429. The summed E-state index contributed by atoms with van der Waals surface area (Å²) >= 11 is 6.00. The second-order valence-corrected chi connectivity index (χ2v) is 10.2. The highest BCUT2D eigenvalue weighted by molar-refractivity contribution is 9.10. The summed E-state index contributed by atoms with van der Waals surface area (Å²) in [5.41, 5.74) is 25.5. The summed E-state index contributed by atoms with van der Waals surface area (Å²) in [6.45, 7) is 0. The maximum atomic E-state index is 11.3. The number of thiophene rings is 2. The molecule has 0 aliphatic carbocycles. The van der Waals surface area contributed by atoms with Gasteiger partial charge in [-0.3, -0.25) is 9.59 Å². The minimum Gasteiger partial charge on any atom is -0.397 e. The number of benzene rings is 3. The molecule has 9 heteroatoms. The highest BCUT2D eigenvalue weighted by Crippen LogP contribution is 2.36. The molecular formula is C24H19BrN4O2S2. The van der Waals surface area contributed by atoms with Gasteiger partial charge in [0.25, 0.3) is 11.8 Å². The Morgan fingerprint density at radius 2 is 1.18 bits per heavy atom. The smallest absolute Gasteiger partial charge is 0.260 e. The van der Waals surface area contributed by atoms with Crippen molar-refractivity contribution in [2.75, 3.05) is 11.5 Å². The van der Waals surface area contributed by atoms with Crippen LogP contribution < -0.4 is 22.9 Å². The molecule has 0 unspecified atom stereocenters. The summed E-state index contributed by atoms with van der Waals surface area (Å²) in [5.74, 6) is -0.945. The van der Waals surface area contributed by atoms with E-state index in [1.165, 1.54) is 22.7 Å². The number of carbonyl (C=O) groups is 2. The van der Waals surface area contributed by atoms with Gasteiger partial charge in [0.1, 0.15) is 9.75 Å². The van der Waals surface area contributed by atoms with Crippen molar-refractivity contribution in [3.8, 4) is 11.1 Å². The summed E-state index contributed by atoms with van der Waals surface area (Å²) in [4.78, 5) is 23.2. The average molecular weight is 539 g/mol. The van der Waals surface area contributed by atoms with Gasteiger partial charge in [0.05, 0.1) is 11.4 Å². The van der Waals surface area contributed by atoms with Crippen molar-refractivity contribution in [2.45, 2.75) is 0 Å². The van der Waals surface area contributed by atoms with Crippen LogP contribution in [0, 0.1) is 0 Å². The number of fused-ring (bicyclic) bond motifs is 2. The monoisotopic (exact) mass is 538 g/mol. The average Bonchev–Trinajstić information content (AvgIpc) is 3.32. The van der Waals surface area contributed by atoms with Crippen LogP contribution in [0.15, 0.2) is 71.2 Å². The lowest BCUT2D eigenvalue weighted by Gasteiger charge is -2.02. The number of carbonyl (C=O) groups excluding carboxylic acids is 2. The summed E-state index contributed by atoms with van der Waals surface area (Å²) < 4.78 is 2.89. The number of nitrogen functional groups attached to an aromatic ring is 2. The Balaban J connectivity index is 0.000000165. The Hall–Kier alpha value is -3.40. The van der Waals surface area contributed by atoms with Crippen LogP contribution in [0.3, 0.4) is 0 Å². The fraction of sp³-hybridized carbons (Fsp3) is 0. The van der Waals surface area contributed by atoms with Crippen LogP contribution in [-0.4, -0.2) is 11.8 Å². The molecule has 2 aromatic heterocycles. The Morgan fingerprint density at radius 3 is 1.73 bits per heavy atom. The lowest BCUT2D eigenvalue weighted by Crippen LogP contribution is -2.10. The molecule has 6 nitrogen and oxygen atoms in total. The van der Waals surface area contributed by atoms with Crippen molar-refractivity contribution in [2.24, 2.45) is 11.5 Å². The minimum atomic E-state index is -0.472. The van der Waals surface area contributed by atoms with Gasteiger partial charge in [-0.2, -0.15) is 0 Å². The molecule has 0 spiro atoms. The highest BCUT2D eigenvalue weighted by atomic mass is 79.9. The molecule has 0 atom stereocenters.